The van der Waals surface area contributed by atoms with Crippen molar-refractivity contribution in [3.63, 3.8) is 0 Å². The number of carbonyl (C=O) groups excluding carboxylic acids is 1. The Morgan fingerprint density at radius 3 is 2.58 bits per heavy atom. The molecule has 0 radical (unpaired) electrons. The molecule has 0 aliphatic carbocycles. The zero-order valence-electron chi connectivity index (χ0n) is 18.5. The first-order chi connectivity index (χ1) is 15.9. The van der Waals surface area contributed by atoms with Gasteiger partial charge in [0.25, 0.3) is 5.56 Å². The second-order valence-corrected chi connectivity index (χ2v) is 7.25. The number of hydrogen-bond donors (Lipinski definition) is 2. The van der Waals surface area contributed by atoms with Crippen LogP contribution in [-0.2, 0) is 17.9 Å². The number of methoxy groups -OCH3 is 1. The van der Waals surface area contributed by atoms with Crippen molar-refractivity contribution in [3.8, 4) is 17.0 Å². The number of aryl methyl sites for hydroxylation is 1. The summed E-state index contributed by atoms with van der Waals surface area (Å²) in [6.45, 7) is 3.96. The van der Waals surface area contributed by atoms with Gasteiger partial charge in [-0.3, -0.25) is 14.2 Å². The molecule has 0 aliphatic rings. The third kappa shape index (κ3) is 4.97. The number of anilines is 1. The first-order valence-corrected chi connectivity index (χ1v) is 10.3. The topological polar surface area (TPSA) is 137 Å². The van der Waals surface area contributed by atoms with Crippen molar-refractivity contribution >= 4 is 22.9 Å². The fraction of sp³-hybridized carbons (Fsp3) is 0.273. The number of nitrogens with zero attached hydrogens (tertiary/aromatic N) is 5. The predicted molar refractivity (Wildman–Crippen MR) is 121 cm³/mol. The smallest absolute Gasteiger partial charge is 0.278 e. The molecule has 3 aromatic heterocycles. The van der Waals surface area contributed by atoms with Gasteiger partial charge < -0.3 is 19.9 Å². The van der Waals surface area contributed by atoms with Crippen molar-refractivity contribution in [2.45, 2.75) is 26.9 Å². The molecule has 0 unspecified atom stereocenters. The summed E-state index contributed by atoms with van der Waals surface area (Å²) in [5.41, 5.74) is 1.58. The second-order valence-electron chi connectivity index (χ2n) is 7.25. The highest BCUT2D eigenvalue weighted by Gasteiger charge is 2.15. The highest BCUT2D eigenvalue weighted by molar-refractivity contribution is 5.76. The lowest BCUT2D eigenvalue weighted by molar-refractivity contribution is -0.118. The van der Waals surface area contributed by atoms with Gasteiger partial charge in [-0.2, -0.15) is 4.98 Å². The van der Waals surface area contributed by atoms with E-state index >= 15 is 0 Å². The predicted octanol–water partition coefficient (Wildman–Crippen LogP) is 1.91. The summed E-state index contributed by atoms with van der Waals surface area (Å²) in [6, 6.07) is 10.7. The SMILES string of the molecule is COc1ccc(-c2nc3ccc(NCc4noc(C)n4)nc3n(CCNC(C)=O)c2=O)cc1. The lowest BCUT2D eigenvalue weighted by Crippen LogP contribution is -2.31. The van der Waals surface area contributed by atoms with Crippen LogP contribution in [0.4, 0.5) is 5.82 Å². The van der Waals surface area contributed by atoms with Gasteiger partial charge in [-0.25, -0.2) is 9.97 Å². The summed E-state index contributed by atoms with van der Waals surface area (Å²) in [7, 11) is 1.58. The number of aromatic nitrogens is 5. The fourth-order valence-electron chi connectivity index (χ4n) is 3.29. The van der Waals surface area contributed by atoms with Crippen molar-refractivity contribution in [3.05, 3.63) is 58.5 Å². The molecule has 3 heterocycles. The number of hydrogen-bond acceptors (Lipinski definition) is 9. The van der Waals surface area contributed by atoms with E-state index in [-0.39, 0.29) is 30.2 Å². The van der Waals surface area contributed by atoms with Crippen LogP contribution in [0.1, 0.15) is 18.6 Å². The normalized spacial score (nSPS) is 10.9. The number of benzene rings is 1. The highest BCUT2D eigenvalue weighted by Crippen LogP contribution is 2.21. The van der Waals surface area contributed by atoms with E-state index in [4.69, 9.17) is 9.26 Å². The third-order valence-corrected chi connectivity index (χ3v) is 4.86. The zero-order chi connectivity index (χ0) is 23.4. The molecule has 1 aromatic carbocycles. The molecule has 2 N–H and O–H groups in total. The molecule has 11 heteroatoms. The molecule has 0 fully saturated rings. The van der Waals surface area contributed by atoms with E-state index in [2.05, 4.69) is 30.7 Å². The Kier molecular flexibility index (Phi) is 6.29. The van der Waals surface area contributed by atoms with Crippen molar-refractivity contribution in [2.75, 3.05) is 19.0 Å². The maximum atomic E-state index is 13.4. The molecular weight excluding hydrogens is 426 g/mol. The Bertz CT molecular complexity index is 1350. The van der Waals surface area contributed by atoms with Crippen LogP contribution in [0.25, 0.3) is 22.4 Å². The van der Waals surface area contributed by atoms with Gasteiger partial charge in [-0.1, -0.05) is 5.16 Å². The van der Waals surface area contributed by atoms with Crippen LogP contribution in [0, 0.1) is 6.92 Å². The van der Waals surface area contributed by atoms with Gasteiger partial charge in [0.15, 0.2) is 11.5 Å². The van der Waals surface area contributed by atoms with Gasteiger partial charge in [0.2, 0.25) is 11.8 Å². The highest BCUT2D eigenvalue weighted by atomic mass is 16.5. The van der Waals surface area contributed by atoms with Crippen LogP contribution in [-0.4, -0.2) is 44.2 Å². The molecule has 0 aliphatic heterocycles. The number of fused-ring (bicyclic) bond motifs is 1. The Labute approximate surface area is 188 Å². The monoisotopic (exact) mass is 449 g/mol. The average Bonchev–Trinajstić information content (AvgIpc) is 3.24. The first kappa shape index (κ1) is 21.9. The summed E-state index contributed by atoms with van der Waals surface area (Å²) in [5, 5.41) is 9.69. The van der Waals surface area contributed by atoms with E-state index in [9.17, 15) is 9.59 Å². The maximum Gasteiger partial charge on any atom is 0.278 e. The summed E-state index contributed by atoms with van der Waals surface area (Å²) >= 11 is 0. The van der Waals surface area contributed by atoms with E-state index in [0.717, 1.165) is 0 Å². The van der Waals surface area contributed by atoms with Gasteiger partial charge >= 0.3 is 0 Å². The van der Waals surface area contributed by atoms with Crippen LogP contribution >= 0.6 is 0 Å². The Hall–Kier alpha value is -4.28. The summed E-state index contributed by atoms with van der Waals surface area (Å²) in [5.74, 6) is 1.99. The van der Waals surface area contributed by atoms with E-state index in [1.54, 1.807) is 50.4 Å². The van der Waals surface area contributed by atoms with E-state index < -0.39 is 0 Å². The molecule has 4 rings (SSSR count). The summed E-state index contributed by atoms with van der Waals surface area (Å²) in [4.78, 5) is 38.0. The minimum Gasteiger partial charge on any atom is -0.497 e. The molecule has 0 spiro atoms. The minimum absolute atomic E-state index is 0.178. The van der Waals surface area contributed by atoms with Crippen molar-refractivity contribution in [2.24, 2.45) is 0 Å². The van der Waals surface area contributed by atoms with Gasteiger partial charge in [0, 0.05) is 32.5 Å². The number of ether oxygens (including phenoxy) is 1. The van der Waals surface area contributed by atoms with Gasteiger partial charge in [0.1, 0.15) is 22.8 Å². The largest absolute Gasteiger partial charge is 0.497 e. The molecule has 0 saturated heterocycles. The second kappa shape index (κ2) is 9.47. The van der Waals surface area contributed by atoms with Crippen molar-refractivity contribution in [1.82, 2.24) is 30.0 Å². The van der Waals surface area contributed by atoms with Gasteiger partial charge in [-0.15, -0.1) is 0 Å². The van der Waals surface area contributed by atoms with E-state index in [0.29, 0.717) is 46.6 Å². The standard InChI is InChI=1S/C22H23N7O4/c1-13(30)23-10-11-29-21-17(8-9-18(27-21)24-12-19-25-14(2)33-28-19)26-20(22(29)31)15-4-6-16(32-3)7-5-15/h4-9H,10-12H2,1-3H3,(H,23,30)(H,24,27). The van der Waals surface area contributed by atoms with Crippen molar-refractivity contribution in [1.29, 1.82) is 0 Å². The third-order valence-electron chi connectivity index (χ3n) is 4.86. The molecule has 0 bridgehead atoms. The van der Waals surface area contributed by atoms with E-state index in [1.165, 1.54) is 11.5 Å². The Morgan fingerprint density at radius 2 is 1.91 bits per heavy atom. The van der Waals surface area contributed by atoms with Crippen LogP contribution < -0.4 is 20.9 Å². The zero-order valence-corrected chi connectivity index (χ0v) is 18.5. The van der Waals surface area contributed by atoms with Gasteiger partial charge in [-0.05, 0) is 36.4 Å². The Balaban J connectivity index is 1.73. The maximum absolute atomic E-state index is 13.4. The number of carbonyl (C=O) groups is 1. The number of amides is 1. The van der Waals surface area contributed by atoms with Crippen LogP contribution in [0.5, 0.6) is 5.75 Å². The Morgan fingerprint density at radius 1 is 1.12 bits per heavy atom. The average molecular weight is 449 g/mol. The lowest BCUT2D eigenvalue weighted by atomic mass is 10.1. The lowest BCUT2D eigenvalue weighted by Gasteiger charge is -2.13. The van der Waals surface area contributed by atoms with Crippen LogP contribution in [0.2, 0.25) is 0 Å². The molecule has 4 aromatic rings. The molecular formula is C22H23N7O4. The molecule has 170 valence electrons. The number of pyridine rings is 1. The van der Waals surface area contributed by atoms with E-state index in [1.807, 2.05) is 0 Å². The molecule has 11 nitrogen and oxygen atoms in total. The first-order valence-electron chi connectivity index (χ1n) is 10.3. The number of nitrogens with one attached hydrogen (secondary N) is 2. The molecule has 33 heavy (non-hydrogen) atoms. The molecule has 0 saturated carbocycles. The minimum atomic E-state index is -0.309. The fourth-order valence-corrected chi connectivity index (χ4v) is 3.29. The van der Waals surface area contributed by atoms with Gasteiger partial charge in [0.05, 0.1) is 13.7 Å². The van der Waals surface area contributed by atoms with Crippen LogP contribution in [0.3, 0.4) is 0 Å². The summed E-state index contributed by atoms with van der Waals surface area (Å²) in [6.07, 6.45) is 0. The quantitative estimate of drug-likeness (QED) is 0.413. The summed E-state index contributed by atoms with van der Waals surface area (Å²) < 4.78 is 11.7. The van der Waals surface area contributed by atoms with Crippen molar-refractivity contribution < 1.29 is 14.1 Å². The van der Waals surface area contributed by atoms with Crippen LogP contribution in [0.15, 0.2) is 45.7 Å². The molecule has 1 amide bonds. The molecule has 0 atom stereocenters. The number of rotatable bonds is 8.